The Labute approximate surface area is 169 Å². The third-order valence-electron chi connectivity index (χ3n) is 6.61. The number of benzene rings is 1. The molecule has 152 valence electrons. The van der Waals surface area contributed by atoms with Gasteiger partial charge in [-0.05, 0) is 18.2 Å². The summed E-state index contributed by atoms with van der Waals surface area (Å²) < 4.78 is 13.5. The first-order chi connectivity index (χ1) is 14.1. The average molecular weight is 395 g/mol. The minimum atomic E-state index is -0.256. The van der Waals surface area contributed by atoms with Crippen molar-refractivity contribution in [2.45, 2.75) is 13.0 Å². The largest absolute Gasteiger partial charge is 0.352 e. The van der Waals surface area contributed by atoms with Gasteiger partial charge in [0.1, 0.15) is 5.82 Å². The van der Waals surface area contributed by atoms with Gasteiger partial charge in [0.2, 0.25) is 5.91 Å². The van der Waals surface area contributed by atoms with Crippen molar-refractivity contribution in [2.75, 3.05) is 44.2 Å². The van der Waals surface area contributed by atoms with E-state index in [-0.39, 0.29) is 11.7 Å². The second kappa shape index (κ2) is 7.30. The van der Waals surface area contributed by atoms with Crippen LogP contribution in [0.5, 0.6) is 0 Å². The fourth-order valence-electron chi connectivity index (χ4n) is 5.04. The first-order valence-corrected chi connectivity index (χ1v) is 10.3. The number of rotatable bonds is 2. The zero-order chi connectivity index (χ0) is 20.0. The van der Waals surface area contributed by atoms with E-state index in [0.29, 0.717) is 17.9 Å². The van der Waals surface area contributed by atoms with Crippen molar-refractivity contribution in [3.63, 3.8) is 0 Å². The molecule has 5 rings (SSSR count). The number of fused-ring (bicyclic) bond motifs is 2. The highest BCUT2D eigenvalue weighted by molar-refractivity contribution is 5.90. The van der Waals surface area contributed by atoms with Crippen LogP contribution in [0.15, 0.2) is 42.5 Å². The lowest BCUT2D eigenvalue weighted by Crippen LogP contribution is -2.60. The summed E-state index contributed by atoms with van der Waals surface area (Å²) in [5.74, 6) is 1.65. The zero-order valence-corrected chi connectivity index (χ0v) is 16.6. The maximum atomic E-state index is 13.5. The van der Waals surface area contributed by atoms with Crippen LogP contribution in [0.3, 0.4) is 0 Å². The van der Waals surface area contributed by atoms with E-state index < -0.39 is 0 Å². The molecule has 2 aromatic rings. The molecule has 7 heteroatoms. The number of piperazine rings is 1. The molecule has 1 N–H and O–H groups in total. The summed E-state index contributed by atoms with van der Waals surface area (Å²) in [5, 5.41) is 8.35. The predicted molar refractivity (Wildman–Crippen MR) is 111 cm³/mol. The van der Waals surface area contributed by atoms with E-state index in [1.54, 1.807) is 13.0 Å². The SMILES string of the molecule is CC(=O)N1CC2C=CC=CC2C(N2CCN(c3n[nH]c4cc(F)ccc34)CC2)C1. The summed E-state index contributed by atoms with van der Waals surface area (Å²) in [4.78, 5) is 18.9. The van der Waals surface area contributed by atoms with Gasteiger partial charge in [-0.2, -0.15) is 5.10 Å². The molecule has 0 saturated carbocycles. The number of hydrogen-bond donors (Lipinski definition) is 1. The molecule has 1 aliphatic carbocycles. The van der Waals surface area contributed by atoms with Crippen molar-refractivity contribution < 1.29 is 9.18 Å². The van der Waals surface area contributed by atoms with Crippen molar-refractivity contribution in [2.24, 2.45) is 11.8 Å². The van der Waals surface area contributed by atoms with Crippen LogP contribution in [0, 0.1) is 17.7 Å². The number of amides is 1. The number of nitrogens with one attached hydrogen (secondary N) is 1. The van der Waals surface area contributed by atoms with Crippen LogP contribution >= 0.6 is 0 Å². The maximum absolute atomic E-state index is 13.5. The lowest BCUT2D eigenvalue weighted by molar-refractivity contribution is -0.132. The molecule has 6 nitrogen and oxygen atoms in total. The van der Waals surface area contributed by atoms with E-state index in [2.05, 4.69) is 44.3 Å². The van der Waals surface area contributed by atoms with Gasteiger partial charge in [-0.25, -0.2) is 4.39 Å². The fraction of sp³-hybridized carbons (Fsp3) is 0.455. The number of aromatic nitrogens is 2. The third-order valence-corrected chi connectivity index (χ3v) is 6.61. The van der Waals surface area contributed by atoms with Gasteiger partial charge in [0.25, 0.3) is 0 Å². The minimum Gasteiger partial charge on any atom is -0.352 e. The Kier molecular flexibility index (Phi) is 4.62. The number of likely N-dealkylation sites (tertiary alicyclic amines) is 1. The van der Waals surface area contributed by atoms with Gasteiger partial charge < -0.3 is 9.80 Å². The van der Waals surface area contributed by atoms with E-state index in [0.717, 1.165) is 56.0 Å². The van der Waals surface area contributed by atoms with E-state index in [9.17, 15) is 9.18 Å². The molecule has 1 aromatic carbocycles. The van der Waals surface area contributed by atoms with E-state index in [1.807, 2.05) is 4.90 Å². The highest BCUT2D eigenvalue weighted by atomic mass is 19.1. The molecule has 0 radical (unpaired) electrons. The Morgan fingerprint density at radius 3 is 2.72 bits per heavy atom. The molecular formula is C22H26FN5O. The highest BCUT2D eigenvalue weighted by Gasteiger charge is 2.39. The first kappa shape index (κ1) is 18.4. The van der Waals surface area contributed by atoms with Gasteiger partial charge in [-0.3, -0.25) is 14.8 Å². The van der Waals surface area contributed by atoms with Crippen LogP contribution in [-0.4, -0.2) is 71.2 Å². The van der Waals surface area contributed by atoms with Crippen molar-refractivity contribution in [1.82, 2.24) is 20.0 Å². The maximum Gasteiger partial charge on any atom is 0.219 e. The second-order valence-corrected chi connectivity index (χ2v) is 8.26. The van der Waals surface area contributed by atoms with Crippen LogP contribution in [0.1, 0.15) is 6.92 Å². The second-order valence-electron chi connectivity index (χ2n) is 8.26. The Morgan fingerprint density at radius 2 is 1.93 bits per heavy atom. The Hall–Kier alpha value is -2.67. The predicted octanol–water partition coefficient (Wildman–Crippen LogP) is 2.41. The molecule has 3 heterocycles. The third kappa shape index (κ3) is 3.33. The molecule has 3 unspecified atom stereocenters. The average Bonchev–Trinajstić information content (AvgIpc) is 3.16. The molecule has 29 heavy (non-hydrogen) atoms. The molecule has 1 aromatic heterocycles. The Bertz CT molecular complexity index is 975. The summed E-state index contributed by atoms with van der Waals surface area (Å²) in [6, 6.07) is 5.11. The molecule has 0 spiro atoms. The van der Waals surface area contributed by atoms with Crippen molar-refractivity contribution in [3.05, 3.63) is 48.3 Å². The van der Waals surface area contributed by atoms with Gasteiger partial charge in [0.15, 0.2) is 5.82 Å². The van der Waals surface area contributed by atoms with Crippen LogP contribution in [0.2, 0.25) is 0 Å². The molecular weight excluding hydrogens is 369 g/mol. The number of carbonyl (C=O) groups is 1. The van der Waals surface area contributed by atoms with Crippen LogP contribution < -0.4 is 4.90 Å². The smallest absolute Gasteiger partial charge is 0.219 e. The summed E-state index contributed by atoms with van der Waals surface area (Å²) >= 11 is 0. The highest BCUT2D eigenvalue weighted by Crippen LogP contribution is 2.33. The van der Waals surface area contributed by atoms with Crippen molar-refractivity contribution in [3.8, 4) is 0 Å². The molecule has 3 atom stereocenters. The monoisotopic (exact) mass is 395 g/mol. The van der Waals surface area contributed by atoms with Gasteiger partial charge >= 0.3 is 0 Å². The van der Waals surface area contributed by atoms with Crippen LogP contribution in [-0.2, 0) is 4.79 Å². The van der Waals surface area contributed by atoms with Crippen molar-refractivity contribution >= 4 is 22.6 Å². The molecule has 0 bridgehead atoms. The van der Waals surface area contributed by atoms with Gasteiger partial charge in [0, 0.05) is 69.5 Å². The van der Waals surface area contributed by atoms with E-state index >= 15 is 0 Å². The number of hydrogen-bond acceptors (Lipinski definition) is 4. The normalized spacial score (nSPS) is 27.4. The Balaban J connectivity index is 1.32. The quantitative estimate of drug-likeness (QED) is 0.849. The van der Waals surface area contributed by atoms with Gasteiger partial charge in [-0.15, -0.1) is 0 Å². The zero-order valence-electron chi connectivity index (χ0n) is 16.6. The van der Waals surface area contributed by atoms with E-state index in [1.165, 1.54) is 12.1 Å². The van der Waals surface area contributed by atoms with Gasteiger partial charge in [-0.1, -0.05) is 24.3 Å². The molecule has 2 saturated heterocycles. The number of piperidine rings is 1. The number of H-pyrrole nitrogens is 1. The summed E-state index contributed by atoms with van der Waals surface area (Å²) in [5.41, 5.74) is 0.730. The number of halogens is 1. The molecule has 3 aliphatic rings. The molecule has 1 amide bonds. The number of carbonyl (C=O) groups excluding carboxylic acids is 1. The molecule has 2 aliphatic heterocycles. The van der Waals surface area contributed by atoms with Crippen LogP contribution in [0.4, 0.5) is 10.2 Å². The topological polar surface area (TPSA) is 55.5 Å². The summed E-state index contributed by atoms with van der Waals surface area (Å²) in [6.07, 6.45) is 8.81. The lowest BCUT2D eigenvalue weighted by atomic mass is 9.78. The number of nitrogens with zero attached hydrogens (tertiary/aromatic N) is 4. The summed E-state index contributed by atoms with van der Waals surface area (Å²) in [6.45, 7) is 6.85. The van der Waals surface area contributed by atoms with Crippen LogP contribution in [0.25, 0.3) is 10.9 Å². The lowest BCUT2D eigenvalue weighted by Gasteiger charge is -2.49. The van der Waals surface area contributed by atoms with Crippen molar-refractivity contribution in [1.29, 1.82) is 0 Å². The fourth-order valence-corrected chi connectivity index (χ4v) is 5.04. The number of anilines is 1. The van der Waals surface area contributed by atoms with E-state index in [4.69, 9.17) is 0 Å². The minimum absolute atomic E-state index is 0.158. The number of aromatic amines is 1. The first-order valence-electron chi connectivity index (χ1n) is 10.3. The van der Waals surface area contributed by atoms with Gasteiger partial charge in [0.05, 0.1) is 5.52 Å². The summed E-state index contributed by atoms with van der Waals surface area (Å²) in [7, 11) is 0. The number of allylic oxidation sites excluding steroid dienone is 2. The standard InChI is InChI=1S/C22H26FN5O/c1-15(29)28-13-16-4-2-3-5-18(16)21(14-28)26-8-10-27(11-9-26)22-19-7-6-17(23)12-20(19)24-25-22/h2-7,12,16,18,21H,8-11,13-14H2,1H3,(H,24,25). The Morgan fingerprint density at radius 1 is 1.14 bits per heavy atom. The molecule has 2 fully saturated rings.